The van der Waals surface area contributed by atoms with Crippen LogP contribution in [0.5, 0.6) is 0 Å². The summed E-state index contributed by atoms with van der Waals surface area (Å²) in [5.74, 6) is 0. The third-order valence-electron chi connectivity index (χ3n) is 2.29. The Morgan fingerprint density at radius 2 is 2.00 bits per heavy atom. The molecule has 0 aromatic heterocycles. The van der Waals surface area contributed by atoms with Gasteiger partial charge in [-0.3, -0.25) is 4.72 Å². The Morgan fingerprint density at radius 1 is 1.41 bits per heavy atom. The summed E-state index contributed by atoms with van der Waals surface area (Å²) in [5.41, 5.74) is 1.08. The molecule has 1 aromatic carbocycles. The summed E-state index contributed by atoms with van der Waals surface area (Å²) in [7, 11) is -3.67. The van der Waals surface area contributed by atoms with Crippen LogP contribution in [0, 0.1) is 11.3 Å². The van der Waals surface area contributed by atoms with E-state index in [2.05, 4.69) is 4.72 Å². The second-order valence-corrected chi connectivity index (χ2v) is 5.39. The average molecular weight is 254 g/mol. The maximum atomic E-state index is 11.7. The van der Waals surface area contributed by atoms with Gasteiger partial charge in [0.25, 0.3) is 0 Å². The molecule has 0 fully saturated rings. The first-order valence-electron chi connectivity index (χ1n) is 5.14. The standard InChI is InChI=1S/C11H14N2O3S/c1-2-11(7-12)17(15,16)13-10-5-3-9(8-14)4-6-10/h3-6,11,13-14H,2,8H2,1H3. The maximum Gasteiger partial charge on any atom is 0.249 e. The Balaban J connectivity index is 2.87. The van der Waals surface area contributed by atoms with E-state index in [1.807, 2.05) is 0 Å². The number of nitrogens with zero attached hydrogens (tertiary/aromatic N) is 1. The summed E-state index contributed by atoms with van der Waals surface area (Å²) >= 11 is 0. The van der Waals surface area contributed by atoms with Gasteiger partial charge in [0.05, 0.1) is 12.7 Å². The summed E-state index contributed by atoms with van der Waals surface area (Å²) in [6.45, 7) is 1.55. The maximum absolute atomic E-state index is 11.7. The number of rotatable bonds is 5. The van der Waals surface area contributed by atoms with Gasteiger partial charge >= 0.3 is 0 Å². The number of hydrogen-bond acceptors (Lipinski definition) is 4. The number of hydrogen-bond donors (Lipinski definition) is 2. The molecule has 0 saturated carbocycles. The third-order valence-corrected chi connectivity index (χ3v) is 3.99. The normalized spacial score (nSPS) is 12.8. The Labute approximate surface area is 101 Å². The largest absolute Gasteiger partial charge is 0.392 e. The van der Waals surface area contributed by atoms with Gasteiger partial charge < -0.3 is 5.11 Å². The molecule has 0 amide bonds. The minimum atomic E-state index is -3.67. The Kier molecular flexibility index (Phi) is 4.49. The van der Waals surface area contributed by atoms with E-state index in [4.69, 9.17) is 10.4 Å². The molecule has 1 rings (SSSR count). The summed E-state index contributed by atoms with van der Waals surface area (Å²) in [4.78, 5) is 0. The first-order valence-corrected chi connectivity index (χ1v) is 6.69. The summed E-state index contributed by atoms with van der Waals surface area (Å²) < 4.78 is 25.8. The first-order chi connectivity index (χ1) is 8.03. The highest BCUT2D eigenvalue weighted by Crippen LogP contribution is 2.14. The van der Waals surface area contributed by atoms with E-state index in [0.717, 1.165) is 0 Å². The number of anilines is 1. The predicted molar refractivity (Wildman–Crippen MR) is 64.6 cm³/mol. The number of aliphatic hydroxyl groups is 1. The summed E-state index contributed by atoms with van der Waals surface area (Å²) in [6, 6.07) is 8.07. The molecule has 0 aliphatic heterocycles. The van der Waals surface area contributed by atoms with Crippen LogP contribution in [-0.4, -0.2) is 18.8 Å². The van der Waals surface area contributed by atoms with Crippen molar-refractivity contribution in [3.8, 4) is 6.07 Å². The van der Waals surface area contributed by atoms with Crippen LogP contribution in [0.3, 0.4) is 0 Å². The molecule has 0 aliphatic carbocycles. The molecule has 17 heavy (non-hydrogen) atoms. The molecule has 0 spiro atoms. The summed E-state index contributed by atoms with van der Waals surface area (Å²) in [5, 5.41) is 16.5. The van der Waals surface area contributed by atoms with E-state index in [1.54, 1.807) is 37.3 Å². The molecule has 2 N–H and O–H groups in total. The van der Waals surface area contributed by atoms with Gasteiger partial charge in [0.15, 0.2) is 5.25 Å². The third kappa shape index (κ3) is 3.44. The van der Waals surface area contributed by atoms with Crippen LogP contribution >= 0.6 is 0 Å². The number of benzene rings is 1. The minimum absolute atomic E-state index is 0.0944. The number of sulfonamides is 1. The molecule has 0 radical (unpaired) electrons. The molecule has 0 aliphatic rings. The van der Waals surface area contributed by atoms with Gasteiger partial charge in [-0.2, -0.15) is 5.26 Å². The zero-order valence-electron chi connectivity index (χ0n) is 9.42. The van der Waals surface area contributed by atoms with E-state index in [1.165, 1.54) is 0 Å². The van der Waals surface area contributed by atoms with E-state index in [0.29, 0.717) is 11.3 Å². The lowest BCUT2D eigenvalue weighted by molar-refractivity contribution is 0.282. The van der Waals surface area contributed by atoms with E-state index < -0.39 is 15.3 Å². The Morgan fingerprint density at radius 3 is 2.41 bits per heavy atom. The highest BCUT2D eigenvalue weighted by molar-refractivity contribution is 7.93. The van der Waals surface area contributed by atoms with Crippen molar-refractivity contribution in [2.75, 3.05) is 4.72 Å². The van der Waals surface area contributed by atoms with Crippen molar-refractivity contribution in [3.05, 3.63) is 29.8 Å². The van der Waals surface area contributed by atoms with Crippen LogP contribution in [0.4, 0.5) is 5.69 Å². The van der Waals surface area contributed by atoms with Crippen molar-refractivity contribution in [1.29, 1.82) is 5.26 Å². The van der Waals surface area contributed by atoms with Gasteiger partial charge in [-0.25, -0.2) is 8.42 Å². The predicted octanol–water partition coefficient (Wildman–Crippen LogP) is 1.22. The molecule has 5 nitrogen and oxygen atoms in total. The number of nitrogens with one attached hydrogen (secondary N) is 1. The molecule has 0 bridgehead atoms. The lowest BCUT2D eigenvalue weighted by Crippen LogP contribution is -2.25. The fourth-order valence-electron chi connectivity index (χ4n) is 1.29. The van der Waals surface area contributed by atoms with E-state index >= 15 is 0 Å². The van der Waals surface area contributed by atoms with Crippen molar-refractivity contribution in [2.24, 2.45) is 0 Å². The molecule has 1 unspecified atom stereocenters. The smallest absolute Gasteiger partial charge is 0.249 e. The molecule has 1 atom stereocenters. The van der Waals surface area contributed by atoms with Gasteiger partial charge in [0.2, 0.25) is 10.0 Å². The van der Waals surface area contributed by atoms with Gasteiger partial charge in [0, 0.05) is 5.69 Å². The highest BCUT2D eigenvalue weighted by Gasteiger charge is 2.23. The fraction of sp³-hybridized carbons (Fsp3) is 0.364. The first kappa shape index (κ1) is 13.5. The Bertz CT molecular complexity index is 503. The van der Waals surface area contributed by atoms with Crippen LogP contribution in [0.2, 0.25) is 0 Å². The van der Waals surface area contributed by atoms with E-state index in [9.17, 15) is 8.42 Å². The zero-order valence-corrected chi connectivity index (χ0v) is 10.2. The van der Waals surface area contributed by atoms with Gasteiger partial charge in [-0.15, -0.1) is 0 Å². The quantitative estimate of drug-likeness (QED) is 0.826. The number of nitriles is 1. The van der Waals surface area contributed by atoms with E-state index in [-0.39, 0.29) is 13.0 Å². The average Bonchev–Trinajstić information content (AvgIpc) is 2.30. The number of aliphatic hydroxyl groups excluding tert-OH is 1. The van der Waals surface area contributed by atoms with Crippen molar-refractivity contribution in [2.45, 2.75) is 25.2 Å². The monoisotopic (exact) mass is 254 g/mol. The van der Waals surface area contributed by atoms with Crippen molar-refractivity contribution in [1.82, 2.24) is 0 Å². The second-order valence-electron chi connectivity index (χ2n) is 3.53. The molecule has 1 aromatic rings. The highest BCUT2D eigenvalue weighted by atomic mass is 32.2. The molecule has 0 saturated heterocycles. The lowest BCUT2D eigenvalue weighted by Gasteiger charge is -2.11. The lowest BCUT2D eigenvalue weighted by atomic mass is 10.2. The van der Waals surface area contributed by atoms with Crippen molar-refractivity contribution in [3.63, 3.8) is 0 Å². The van der Waals surface area contributed by atoms with Crippen molar-refractivity contribution >= 4 is 15.7 Å². The molecule has 6 heteroatoms. The van der Waals surface area contributed by atoms with Gasteiger partial charge in [-0.05, 0) is 24.1 Å². The van der Waals surface area contributed by atoms with Crippen LogP contribution in [0.25, 0.3) is 0 Å². The van der Waals surface area contributed by atoms with Crippen LogP contribution < -0.4 is 4.72 Å². The zero-order chi connectivity index (χ0) is 12.9. The van der Waals surface area contributed by atoms with Crippen LogP contribution in [0.15, 0.2) is 24.3 Å². The molecule has 92 valence electrons. The second kappa shape index (κ2) is 5.66. The Hall–Kier alpha value is -1.58. The molecule has 0 heterocycles. The molecular formula is C11H14N2O3S. The van der Waals surface area contributed by atoms with Crippen LogP contribution in [0.1, 0.15) is 18.9 Å². The summed E-state index contributed by atoms with van der Waals surface area (Å²) in [6.07, 6.45) is 0.237. The van der Waals surface area contributed by atoms with Gasteiger partial charge in [0.1, 0.15) is 0 Å². The topological polar surface area (TPSA) is 90.2 Å². The molecular weight excluding hydrogens is 240 g/mol. The fourth-order valence-corrected chi connectivity index (χ4v) is 2.48. The van der Waals surface area contributed by atoms with Gasteiger partial charge in [-0.1, -0.05) is 19.1 Å². The van der Waals surface area contributed by atoms with Crippen LogP contribution in [-0.2, 0) is 16.6 Å². The minimum Gasteiger partial charge on any atom is -0.392 e. The van der Waals surface area contributed by atoms with Crippen molar-refractivity contribution < 1.29 is 13.5 Å². The SMILES string of the molecule is CCC(C#N)S(=O)(=O)Nc1ccc(CO)cc1.